The molecule has 4 nitrogen and oxygen atoms in total. The Hall–Kier alpha value is -0.610. The maximum atomic E-state index is 10.2. The summed E-state index contributed by atoms with van der Waals surface area (Å²) in [6.07, 6.45) is -1.50. The Morgan fingerprint density at radius 2 is 2.75 bits per heavy atom. The molecule has 1 atom stereocenters. The van der Waals surface area contributed by atoms with Crippen molar-refractivity contribution in [2.75, 3.05) is 13.7 Å². The number of carbonyl (C=O) groups excluding carboxylic acids is 1. The van der Waals surface area contributed by atoms with Crippen molar-refractivity contribution in [3.63, 3.8) is 0 Å². The maximum absolute atomic E-state index is 10.2. The second kappa shape index (κ2) is 3.40. The Labute approximate surface area is 48.1 Å². The average Bonchev–Trinajstić information content (AvgIpc) is 1.87. The molecule has 0 aliphatic carbocycles. The van der Waals surface area contributed by atoms with Crippen LogP contribution in [-0.2, 0) is 9.53 Å². The molecule has 2 N–H and O–H groups in total. The summed E-state index contributed by atoms with van der Waals surface area (Å²) in [6, 6.07) is 0. The molecule has 4 heteroatoms. The van der Waals surface area contributed by atoms with E-state index in [1.807, 2.05) is 0 Å². The molecule has 0 radical (unpaired) electrons. The second-order valence-electron chi connectivity index (χ2n) is 1.16. The zero-order valence-corrected chi connectivity index (χ0v) is 4.20. The van der Waals surface area contributed by atoms with E-state index >= 15 is 0 Å². The molecule has 0 aliphatic rings. The van der Waals surface area contributed by atoms with E-state index in [4.69, 9.17) is 11.6 Å². The maximum Gasteiger partial charge on any atom is 0.337 e. The smallest absolute Gasteiger partial charge is 0.337 e. The van der Waals surface area contributed by atoms with E-state index in [0.29, 0.717) is 0 Å². The van der Waals surface area contributed by atoms with Crippen LogP contribution >= 0.6 is 0 Å². The van der Waals surface area contributed by atoms with E-state index in [9.17, 15) is 4.79 Å². The zero-order chi connectivity index (χ0) is 7.28. The molecule has 48 valence electrons. The van der Waals surface area contributed by atoms with Crippen LogP contribution in [0.15, 0.2) is 0 Å². The van der Waals surface area contributed by atoms with Gasteiger partial charge in [-0.25, -0.2) is 4.79 Å². The lowest BCUT2D eigenvalue weighted by atomic mass is 10.4. The lowest BCUT2D eigenvalue weighted by Crippen LogP contribution is -2.25. The van der Waals surface area contributed by atoms with Gasteiger partial charge >= 0.3 is 5.97 Å². The van der Waals surface area contributed by atoms with Crippen molar-refractivity contribution in [1.82, 2.24) is 0 Å². The van der Waals surface area contributed by atoms with E-state index < -0.39 is 25.8 Å². The summed E-state index contributed by atoms with van der Waals surface area (Å²) in [5, 5.41) is 16.6. The Morgan fingerprint density at radius 1 is 2.12 bits per heavy atom. The van der Waals surface area contributed by atoms with Gasteiger partial charge in [0.15, 0.2) is 6.10 Å². The van der Waals surface area contributed by atoms with Gasteiger partial charge in [0.25, 0.3) is 0 Å². The van der Waals surface area contributed by atoms with Crippen LogP contribution in [0.1, 0.15) is 1.37 Å². The highest BCUT2D eigenvalue weighted by molar-refractivity contribution is 5.74. The summed E-state index contributed by atoms with van der Waals surface area (Å²) in [4.78, 5) is 10.2. The summed E-state index contributed by atoms with van der Waals surface area (Å²) >= 11 is 0. The molecule has 8 heavy (non-hydrogen) atoms. The van der Waals surface area contributed by atoms with Crippen LogP contribution in [-0.4, -0.2) is 36.0 Å². The summed E-state index contributed by atoms with van der Waals surface area (Å²) in [7, 11) is -0.532. The van der Waals surface area contributed by atoms with Gasteiger partial charge in [0.2, 0.25) is 0 Å². The van der Waals surface area contributed by atoms with Crippen LogP contribution in [0.5, 0.6) is 0 Å². The first-order valence-corrected chi connectivity index (χ1v) is 1.97. The second-order valence-corrected chi connectivity index (χ2v) is 1.16. The SMILES string of the molecule is [2H]COC(=O)C(O)CO. The number of carbonyl (C=O) groups is 1. The van der Waals surface area contributed by atoms with Crippen molar-refractivity contribution >= 4 is 5.97 Å². The third-order valence-electron chi connectivity index (χ3n) is 0.587. The number of rotatable bonds is 2. The minimum atomic E-state index is -1.50. The van der Waals surface area contributed by atoms with Crippen molar-refractivity contribution in [2.24, 2.45) is 0 Å². The lowest BCUT2D eigenvalue weighted by Gasteiger charge is -2.01. The summed E-state index contributed by atoms with van der Waals surface area (Å²) in [5.41, 5.74) is 0. The van der Waals surface area contributed by atoms with Gasteiger partial charge in [-0.3, -0.25) is 0 Å². The summed E-state index contributed by atoms with van der Waals surface area (Å²) in [6.45, 7) is -0.668. The predicted octanol–water partition coefficient (Wildman–Crippen LogP) is -1.49. The molecule has 0 fully saturated rings. The molecule has 0 aromatic rings. The van der Waals surface area contributed by atoms with E-state index in [-0.39, 0.29) is 0 Å². The minimum Gasteiger partial charge on any atom is -0.467 e. The molecule has 0 aromatic carbocycles. The molecule has 0 heterocycles. The van der Waals surface area contributed by atoms with Gasteiger partial charge in [0.05, 0.1) is 15.1 Å². The number of hydrogen-bond acceptors (Lipinski definition) is 4. The first kappa shape index (κ1) is 5.53. The molecule has 0 aliphatic heterocycles. The average molecular weight is 121 g/mol. The Bertz CT molecular complexity index is 94.6. The standard InChI is InChI=1S/C4H8O4/c1-8-4(7)3(6)2-5/h3,5-6H,2H2,1H3/i1D. The largest absolute Gasteiger partial charge is 0.467 e. The molecular formula is C4H8O4. The van der Waals surface area contributed by atoms with Gasteiger partial charge in [0, 0.05) is 0 Å². The predicted molar refractivity (Wildman–Crippen MR) is 25.1 cm³/mol. The highest BCUT2D eigenvalue weighted by Gasteiger charge is 2.11. The number of aliphatic hydroxyl groups excluding tert-OH is 2. The lowest BCUT2D eigenvalue weighted by molar-refractivity contribution is -0.152. The molecule has 0 spiro atoms. The molecule has 1 unspecified atom stereocenters. The topological polar surface area (TPSA) is 66.8 Å². The van der Waals surface area contributed by atoms with Gasteiger partial charge in [-0.05, 0) is 0 Å². The van der Waals surface area contributed by atoms with Crippen LogP contribution in [0.4, 0.5) is 0 Å². The van der Waals surface area contributed by atoms with Crippen molar-refractivity contribution in [2.45, 2.75) is 6.10 Å². The first-order chi connectivity index (χ1) is 4.22. The quantitative estimate of drug-likeness (QED) is 0.437. The highest BCUT2D eigenvalue weighted by atomic mass is 16.5. The molecule has 0 saturated heterocycles. The number of ether oxygens (including phenoxy) is 1. The monoisotopic (exact) mass is 121 g/mol. The van der Waals surface area contributed by atoms with Crippen LogP contribution < -0.4 is 0 Å². The van der Waals surface area contributed by atoms with Gasteiger partial charge in [0.1, 0.15) is 0 Å². The number of methoxy groups -OCH3 is 1. The van der Waals surface area contributed by atoms with E-state index in [1.54, 1.807) is 0 Å². The Balaban J connectivity index is 3.46. The molecule has 0 saturated carbocycles. The summed E-state index contributed by atoms with van der Waals surface area (Å²) in [5.74, 6) is -0.965. The third kappa shape index (κ3) is 1.90. The van der Waals surface area contributed by atoms with Crippen molar-refractivity contribution in [1.29, 1.82) is 0 Å². The first-order valence-electron chi connectivity index (χ1n) is 2.68. The highest BCUT2D eigenvalue weighted by Crippen LogP contribution is 1.82. The fourth-order valence-corrected chi connectivity index (χ4v) is 0.171. The van der Waals surface area contributed by atoms with Gasteiger partial charge in [-0.15, -0.1) is 0 Å². The molecular weight excluding hydrogens is 112 g/mol. The van der Waals surface area contributed by atoms with E-state index in [0.717, 1.165) is 0 Å². The van der Waals surface area contributed by atoms with Gasteiger partial charge in [-0.1, -0.05) is 0 Å². The van der Waals surface area contributed by atoms with Crippen LogP contribution in [0.3, 0.4) is 0 Å². The van der Waals surface area contributed by atoms with E-state index in [2.05, 4.69) is 4.74 Å². The zero-order valence-electron chi connectivity index (χ0n) is 5.20. The van der Waals surface area contributed by atoms with Crippen molar-refractivity contribution < 1.29 is 21.1 Å². The summed E-state index contributed by atoms with van der Waals surface area (Å²) < 4.78 is 10.4. The molecule has 0 bridgehead atoms. The van der Waals surface area contributed by atoms with Crippen molar-refractivity contribution in [3.05, 3.63) is 0 Å². The van der Waals surface area contributed by atoms with Crippen LogP contribution in [0, 0.1) is 0 Å². The fraction of sp³-hybridized carbons (Fsp3) is 0.750. The molecule has 0 rings (SSSR count). The van der Waals surface area contributed by atoms with Crippen molar-refractivity contribution in [3.8, 4) is 0 Å². The fourth-order valence-electron chi connectivity index (χ4n) is 0.171. The van der Waals surface area contributed by atoms with Gasteiger partial charge in [-0.2, -0.15) is 0 Å². The third-order valence-corrected chi connectivity index (χ3v) is 0.587. The Kier molecular flexibility index (Phi) is 2.35. The number of hydrogen-bond donors (Lipinski definition) is 2. The van der Waals surface area contributed by atoms with E-state index in [1.165, 1.54) is 0 Å². The van der Waals surface area contributed by atoms with Crippen LogP contribution in [0.2, 0.25) is 0 Å². The number of esters is 1. The Morgan fingerprint density at radius 3 is 3.12 bits per heavy atom. The normalized spacial score (nSPS) is 14.5. The molecule has 0 aromatic heterocycles. The molecule has 0 amide bonds. The number of aliphatic hydroxyl groups is 2. The van der Waals surface area contributed by atoms with Gasteiger partial charge < -0.3 is 14.9 Å². The minimum absolute atomic E-state index is 0.532. The van der Waals surface area contributed by atoms with Crippen LogP contribution in [0.25, 0.3) is 0 Å².